The van der Waals surface area contributed by atoms with Crippen LogP contribution in [0, 0.1) is 11.8 Å². The summed E-state index contributed by atoms with van der Waals surface area (Å²) in [7, 11) is 0. The van der Waals surface area contributed by atoms with E-state index >= 15 is 0 Å². The van der Waals surface area contributed by atoms with E-state index in [2.05, 4.69) is 19.9 Å². The Bertz CT molecular complexity index is 391. The van der Waals surface area contributed by atoms with Crippen molar-refractivity contribution in [1.82, 2.24) is 0 Å². The van der Waals surface area contributed by atoms with Crippen molar-refractivity contribution in [2.75, 3.05) is 6.61 Å². The second-order valence-corrected chi connectivity index (χ2v) is 4.93. The largest absolute Gasteiger partial charge is 0.462 e. The fourth-order valence-corrected chi connectivity index (χ4v) is 2.30. The summed E-state index contributed by atoms with van der Waals surface area (Å²) in [5, 5.41) is 0. The van der Waals surface area contributed by atoms with Gasteiger partial charge in [0.15, 0.2) is 5.78 Å². The van der Waals surface area contributed by atoms with Gasteiger partial charge in [0, 0.05) is 0 Å². The molecule has 0 amide bonds. The first-order valence-corrected chi connectivity index (χ1v) is 6.52. The molecule has 0 spiro atoms. The van der Waals surface area contributed by atoms with Crippen LogP contribution in [0.5, 0.6) is 0 Å². The molecule has 1 rings (SSSR count). The third kappa shape index (κ3) is 3.83. The summed E-state index contributed by atoms with van der Waals surface area (Å²) in [6.07, 6.45) is 6.03. The van der Waals surface area contributed by atoms with Crippen LogP contribution in [0.3, 0.4) is 0 Å². The van der Waals surface area contributed by atoms with Crippen LogP contribution >= 0.6 is 0 Å². The highest BCUT2D eigenvalue weighted by molar-refractivity contribution is 6.16. The normalized spacial score (nSPS) is 24.4. The fourth-order valence-electron chi connectivity index (χ4n) is 2.30. The van der Waals surface area contributed by atoms with Crippen molar-refractivity contribution >= 4 is 11.8 Å². The number of Topliss-reactive ketones (excluding diaryl/α,β-unsaturated/α-hetero) is 1. The number of rotatable bonds is 4. The van der Waals surface area contributed by atoms with Gasteiger partial charge in [0.2, 0.25) is 0 Å². The van der Waals surface area contributed by atoms with Gasteiger partial charge < -0.3 is 4.74 Å². The minimum atomic E-state index is -0.497. The molecule has 1 aliphatic carbocycles. The fraction of sp³-hybridized carbons (Fsp3) is 0.600. The molecule has 3 nitrogen and oxygen atoms in total. The number of ether oxygens (including phenoxy) is 1. The number of carbonyl (C=O) groups is 2. The van der Waals surface area contributed by atoms with E-state index in [-0.39, 0.29) is 17.3 Å². The van der Waals surface area contributed by atoms with Crippen LogP contribution in [-0.2, 0) is 14.3 Å². The molecule has 18 heavy (non-hydrogen) atoms. The molecule has 0 saturated carbocycles. The number of esters is 1. The number of hydrogen-bond acceptors (Lipinski definition) is 3. The third-order valence-corrected chi connectivity index (χ3v) is 3.35. The molecule has 0 aromatic carbocycles. The van der Waals surface area contributed by atoms with Crippen LogP contribution < -0.4 is 0 Å². The number of allylic oxidation sites excluding steroid dienone is 3. The standard InChI is InChI=1S/C15H22O3/c1-5-18-15(17)14(12(4)16)9-13-7-6-10(2)8-11(13)3/h8-9,11,13H,5-7H2,1-4H3/b14-9-. The van der Waals surface area contributed by atoms with Crippen molar-refractivity contribution in [3.8, 4) is 0 Å². The van der Waals surface area contributed by atoms with E-state index in [1.807, 2.05) is 0 Å². The Morgan fingerprint density at radius 2 is 2.17 bits per heavy atom. The summed E-state index contributed by atoms with van der Waals surface area (Å²) in [6, 6.07) is 0. The minimum absolute atomic E-state index is 0.196. The van der Waals surface area contributed by atoms with Crippen LogP contribution in [0.15, 0.2) is 23.3 Å². The molecule has 0 saturated heterocycles. The van der Waals surface area contributed by atoms with Crippen LogP contribution in [0.1, 0.15) is 40.5 Å². The Balaban J connectivity index is 2.89. The molecule has 0 aromatic rings. The van der Waals surface area contributed by atoms with Crippen molar-refractivity contribution in [2.24, 2.45) is 11.8 Å². The number of carbonyl (C=O) groups excluding carboxylic acids is 2. The van der Waals surface area contributed by atoms with Gasteiger partial charge >= 0.3 is 5.97 Å². The van der Waals surface area contributed by atoms with Gasteiger partial charge in [0.1, 0.15) is 0 Å². The molecule has 0 radical (unpaired) electrons. The van der Waals surface area contributed by atoms with Crippen LogP contribution in [0.4, 0.5) is 0 Å². The monoisotopic (exact) mass is 250 g/mol. The molecule has 0 fully saturated rings. The molecular formula is C15H22O3. The van der Waals surface area contributed by atoms with E-state index in [4.69, 9.17) is 4.74 Å². The van der Waals surface area contributed by atoms with Gasteiger partial charge in [-0.3, -0.25) is 4.79 Å². The Labute approximate surface area is 109 Å². The van der Waals surface area contributed by atoms with Gasteiger partial charge in [-0.25, -0.2) is 4.79 Å². The molecule has 3 heteroatoms. The van der Waals surface area contributed by atoms with Crippen LogP contribution in [0.2, 0.25) is 0 Å². The topological polar surface area (TPSA) is 43.4 Å². The maximum atomic E-state index is 11.7. The number of ketones is 1. The summed E-state index contributed by atoms with van der Waals surface area (Å²) in [5.74, 6) is -0.102. The molecule has 0 heterocycles. The second kappa shape index (κ2) is 6.53. The summed E-state index contributed by atoms with van der Waals surface area (Å²) in [6.45, 7) is 7.69. The first-order chi connectivity index (χ1) is 8.45. The zero-order valence-electron chi connectivity index (χ0n) is 11.7. The predicted octanol–water partition coefficient (Wildman–Crippen LogP) is 3.06. The van der Waals surface area contributed by atoms with Gasteiger partial charge in [-0.05, 0) is 45.4 Å². The van der Waals surface area contributed by atoms with E-state index in [9.17, 15) is 9.59 Å². The van der Waals surface area contributed by atoms with Crippen molar-refractivity contribution < 1.29 is 14.3 Å². The Hall–Kier alpha value is -1.38. The molecule has 2 atom stereocenters. The highest BCUT2D eigenvalue weighted by Gasteiger charge is 2.23. The molecular weight excluding hydrogens is 228 g/mol. The maximum absolute atomic E-state index is 11.7. The zero-order valence-corrected chi connectivity index (χ0v) is 11.7. The lowest BCUT2D eigenvalue weighted by atomic mass is 9.81. The van der Waals surface area contributed by atoms with Gasteiger partial charge in [0.25, 0.3) is 0 Å². The van der Waals surface area contributed by atoms with E-state index in [1.165, 1.54) is 12.5 Å². The van der Waals surface area contributed by atoms with Crippen LogP contribution in [0.25, 0.3) is 0 Å². The lowest BCUT2D eigenvalue weighted by molar-refractivity contribution is -0.139. The van der Waals surface area contributed by atoms with Gasteiger partial charge in [-0.1, -0.05) is 24.6 Å². The highest BCUT2D eigenvalue weighted by Crippen LogP contribution is 2.30. The average Bonchev–Trinajstić information content (AvgIpc) is 2.27. The summed E-state index contributed by atoms with van der Waals surface area (Å²) in [4.78, 5) is 23.2. The SMILES string of the molecule is CCOC(=O)/C(=C\C1CCC(C)=CC1C)C(C)=O. The van der Waals surface area contributed by atoms with E-state index in [1.54, 1.807) is 13.0 Å². The zero-order chi connectivity index (χ0) is 13.7. The van der Waals surface area contributed by atoms with Crippen molar-refractivity contribution in [2.45, 2.75) is 40.5 Å². The summed E-state index contributed by atoms with van der Waals surface area (Å²) >= 11 is 0. The Kier molecular flexibility index (Phi) is 5.32. The molecule has 100 valence electrons. The Morgan fingerprint density at radius 3 is 2.67 bits per heavy atom. The molecule has 0 N–H and O–H groups in total. The van der Waals surface area contributed by atoms with E-state index < -0.39 is 5.97 Å². The minimum Gasteiger partial charge on any atom is -0.462 e. The van der Waals surface area contributed by atoms with Crippen LogP contribution in [-0.4, -0.2) is 18.4 Å². The lowest BCUT2D eigenvalue weighted by Crippen LogP contribution is -2.19. The lowest BCUT2D eigenvalue weighted by Gasteiger charge is -2.24. The summed E-state index contributed by atoms with van der Waals surface area (Å²) < 4.78 is 4.92. The van der Waals surface area contributed by atoms with E-state index in [0.717, 1.165) is 12.8 Å². The number of hydrogen-bond donors (Lipinski definition) is 0. The smallest absolute Gasteiger partial charge is 0.341 e. The highest BCUT2D eigenvalue weighted by atomic mass is 16.5. The average molecular weight is 250 g/mol. The van der Waals surface area contributed by atoms with Gasteiger partial charge in [0.05, 0.1) is 12.2 Å². The molecule has 0 aromatic heterocycles. The van der Waals surface area contributed by atoms with E-state index in [0.29, 0.717) is 12.5 Å². The maximum Gasteiger partial charge on any atom is 0.341 e. The van der Waals surface area contributed by atoms with Crippen molar-refractivity contribution in [3.05, 3.63) is 23.3 Å². The predicted molar refractivity (Wildman–Crippen MR) is 71.0 cm³/mol. The van der Waals surface area contributed by atoms with Gasteiger partial charge in [-0.15, -0.1) is 0 Å². The summed E-state index contributed by atoms with van der Waals surface area (Å²) in [5.41, 5.74) is 1.58. The quantitative estimate of drug-likeness (QED) is 0.253. The van der Waals surface area contributed by atoms with Gasteiger partial charge in [-0.2, -0.15) is 0 Å². The molecule has 2 unspecified atom stereocenters. The van der Waals surface area contributed by atoms with Crippen molar-refractivity contribution in [3.63, 3.8) is 0 Å². The van der Waals surface area contributed by atoms with Crippen molar-refractivity contribution in [1.29, 1.82) is 0 Å². The molecule has 1 aliphatic rings. The molecule has 0 bridgehead atoms. The third-order valence-electron chi connectivity index (χ3n) is 3.35. The second-order valence-electron chi connectivity index (χ2n) is 4.93. The first-order valence-electron chi connectivity index (χ1n) is 6.52. The first kappa shape index (κ1) is 14.7. The molecule has 0 aliphatic heterocycles. The Morgan fingerprint density at radius 1 is 1.50 bits per heavy atom.